The van der Waals surface area contributed by atoms with Crippen molar-refractivity contribution >= 4 is 22.4 Å². The monoisotopic (exact) mass is 806 g/mol. The van der Waals surface area contributed by atoms with Crippen molar-refractivity contribution in [2.24, 2.45) is 28.8 Å². The van der Waals surface area contributed by atoms with Gasteiger partial charge in [-0.15, -0.1) is 6.58 Å². The molecule has 1 amide bonds. The van der Waals surface area contributed by atoms with Crippen LogP contribution in [0.5, 0.6) is 17.2 Å². The Morgan fingerprint density at radius 1 is 0.966 bits per heavy atom. The number of carbonyl (C=O) groups is 1. The number of carbonyl (C=O) groups excluding carboxylic acids is 1. The summed E-state index contributed by atoms with van der Waals surface area (Å²) in [5, 5.41) is 27.1. The van der Waals surface area contributed by atoms with Gasteiger partial charge in [0.1, 0.15) is 23.3 Å². The SMILES string of the molecule is C=CCOC12Oc3ccc(Oc4ccc5ccccc5c4)cc3C3C(CCCCO)C(CCCCO)C=C(C(=NOC4CCCCO4)CC1N(CCC)C(=O)C1CC1)C32. The van der Waals surface area contributed by atoms with Crippen molar-refractivity contribution in [3.8, 4) is 17.2 Å². The molecule has 0 aromatic heterocycles. The van der Waals surface area contributed by atoms with Gasteiger partial charge in [-0.25, -0.2) is 0 Å². The van der Waals surface area contributed by atoms with Gasteiger partial charge in [-0.2, -0.15) is 0 Å². The first kappa shape index (κ1) is 41.5. The first-order valence-electron chi connectivity index (χ1n) is 22.3. The normalized spacial score (nSPS) is 27.9. The van der Waals surface area contributed by atoms with Crippen LogP contribution in [0.2, 0.25) is 0 Å². The maximum absolute atomic E-state index is 14.5. The van der Waals surface area contributed by atoms with E-state index in [1.54, 1.807) is 6.08 Å². The van der Waals surface area contributed by atoms with Gasteiger partial charge in [0.05, 0.1) is 24.8 Å². The minimum absolute atomic E-state index is 0.00259. The third-order valence-corrected chi connectivity index (χ3v) is 13.1. The molecule has 3 aromatic carbocycles. The molecule has 3 aliphatic carbocycles. The molecule has 3 fully saturated rings. The van der Waals surface area contributed by atoms with E-state index in [9.17, 15) is 15.0 Å². The number of aliphatic hydroxyl groups excluding tert-OH is 2. The zero-order valence-electron chi connectivity index (χ0n) is 34.6. The van der Waals surface area contributed by atoms with E-state index < -0.39 is 18.1 Å². The molecule has 2 heterocycles. The number of nitrogens with zero attached hydrogens (tertiary/aromatic N) is 2. The first-order chi connectivity index (χ1) is 29.0. The Bertz CT molecular complexity index is 1990. The summed E-state index contributed by atoms with van der Waals surface area (Å²) in [5.74, 6) is 0.829. The third kappa shape index (κ3) is 8.83. The number of unbranched alkanes of at least 4 members (excludes halogenated alkanes) is 2. The summed E-state index contributed by atoms with van der Waals surface area (Å²) >= 11 is 0. The molecule has 8 rings (SSSR count). The molecule has 2 saturated carbocycles. The number of hydrogen-bond acceptors (Lipinski definition) is 9. The molecule has 2 N–H and O–H groups in total. The van der Waals surface area contributed by atoms with Gasteiger partial charge in [0.15, 0.2) is 0 Å². The van der Waals surface area contributed by atoms with Crippen LogP contribution in [0.1, 0.15) is 102 Å². The number of fused-ring (bicyclic) bond motifs is 3. The summed E-state index contributed by atoms with van der Waals surface area (Å²) in [4.78, 5) is 22.8. The molecule has 316 valence electrons. The Hall–Kier alpha value is -4.22. The molecule has 10 heteroatoms. The minimum atomic E-state index is -1.26. The highest BCUT2D eigenvalue weighted by Crippen LogP contribution is 2.62. The highest BCUT2D eigenvalue weighted by Gasteiger charge is 2.65. The van der Waals surface area contributed by atoms with Crippen molar-refractivity contribution in [2.45, 2.75) is 114 Å². The van der Waals surface area contributed by atoms with Gasteiger partial charge in [-0.05, 0) is 116 Å². The van der Waals surface area contributed by atoms with Gasteiger partial charge in [-0.3, -0.25) is 4.79 Å². The van der Waals surface area contributed by atoms with E-state index in [4.69, 9.17) is 28.9 Å². The lowest BCUT2D eigenvalue weighted by atomic mass is 9.55. The van der Waals surface area contributed by atoms with Crippen molar-refractivity contribution in [1.82, 2.24) is 4.90 Å². The minimum Gasteiger partial charge on any atom is -0.459 e. The molecular formula is C49H62N2O8. The summed E-state index contributed by atoms with van der Waals surface area (Å²) in [7, 11) is 0. The number of hydrogen-bond donors (Lipinski definition) is 2. The van der Waals surface area contributed by atoms with E-state index in [0.717, 1.165) is 103 Å². The molecule has 0 radical (unpaired) electrons. The Morgan fingerprint density at radius 3 is 2.49 bits per heavy atom. The molecule has 0 bridgehead atoms. The van der Waals surface area contributed by atoms with E-state index in [1.165, 1.54) is 0 Å². The fourth-order valence-electron chi connectivity index (χ4n) is 10.2. The Morgan fingerprint density at radius 2 is 1.75 bits per heavy atom. The van der Waals surface area contributed by atoms with Crippen molar-refractivity contribution in [2.75, 3.05) is 33.0 Å². The van der Waals surface area contributed by atoms with E-state index in [1.807, 2.05) is 35.2 Å². The van der Waals surface area contributed by atoms with Crippen LogP contribution >= 0.6 is 0 Å². The summed E-state index contributed by atoms with van der Waals surface area (Å²) < 4.78 is 27.2. The number of rotatable bonds is 19. The topological polar surface area (TPSA) is 119 Å². The van der Waals surface area contributed by atoms with Crippen molar-refractivity contribution in [3.63, 3.8) is 0 Å². The zero-order valence-corrected chi connectivity index (χ0v) is 34.6. The second kappa shape index (κ2) is 19.0. The predicted molar refractivity (Wildman–Crippen MR) is 228 cm³/mol. The molecular weight excluding hydrogens is 745 g/mol. The molecule has 0 spiro atoms. The van der Waals surface area contributed by atoms with Gasteiger partial charge in [0, 0.05) is 50.0 Å². The van der Waals surface area contributed by atoms with Crippen LogP contribution in [-0.4, -0.2) is 77.8 Å². The lowest BCUT2D eigenvalue weighted by Crippen LogP contribution is -2.70. The number of allylic oxidation sites excluding steroid dienone is 1. The van der Waals surface area contributed by atoms with Crippen LogP contribution in [-0.2, 0) is 19.1 Å². The Balaban J connectivity index is 1.30. The number of amides is 1. The maximum Gasteiger partial charge on any atom is 0.239 e. The van der Waals surface area contributed by atoms with Gasteiger partial charge in [-0.1, -0.05) is 67.4 Å². The average molecular weight is 807 g/mol. The number of oxime groups is 1. The molecule has 7 unspecified atom stereocenters. The average Bonchev–Trinajstić information content (AvgIpc) is 4.12. The third-order valence-electron chi connectivity index (χ3n) is 13.1. The maximum atomic E-state index is 14.5. The molecule has 2 aliphatic heterocycles. The molecule has 1 saturated heterocycles. The molecule has 7 atom stereocenters. The Kier molecular flexibility index (Phi) is 13.4. The largest absolute Gasteiger partial charge is 0.459 e. The summed E-state index contributed by atoms with van der Waals surface area (Å²) in [6.07, 6.45) is 14.4. The van der Waals surface area contributed by atoms with Gasteiger partial charge in [0.2, 0.25) is 18.0 Å². The highest BCUT2D eigenvalue weighted by atomic mass is 16.8. The fourth-order valence-corrected chi connectivity index (χ4v) is 10.2. The lowest BCUT2D eigenvalue weighted by molar-refractivity contribution is -0.258. The van der Waals surface area contributed by atoms with E-state index in [-0.39, 0.29) is 55.3 Å². The van der Waals surface area contributed by atoms with Crippen LogP contribution in [0.15, 0.2) is 90.1 Å². The smallest absolute Gasteiger partial charge is 0.239 e. The fraction of sp³-hybridized carbons (Fsp3) is 0.551. The van der Waals surface area contributed by atoms with Crippen molar-refractivity contribution in [3.05, 3.63) is 90.5 Å². The summed E-state index contributed by atoms with van der Waals surface area (Å²) in [6, 6.07) is 20.0. The quantitative estimate of drug-likeness (QED) is 0.0699. The van der Waals surface area contributed by atoms with Gasteiger partial charge >= 0.3 is 0 Å². The standard InChI is InChI=1S/C49H62N2O8/c1-3-24-51(48(54)34-18-19-34)44-32-42(50-59-45-17-9-12-28-55-45)40-30-36(15-7-10-25-52)39(16-8-11-26-53)46-41-31-38(57-37-21-20-33-13-5-6-14-35(33)29-37)22-23-43(41)58-49(44,47(40)46)56-27-4-2/h4-6,13-14,20-23,29-31,34,36,39,44-47,52-53H,2-3,7-12,15-19,24-28,32H2,1H3. The molecule has 59 heavy (non-hydrogen) atoms. The second-order valence-corrected chi connectivity index (χ2v) is 17.1. The second-order valence-electron chi connectivity index (χ2n) is 17.1. The number of ether oxygens (including phenoxy) is 4. The lowest BCUT2D eigenvalue weighted by Gasteiger charge is -2.60. The summed E-state index contributed by atoms with van der Waals surface area (Å²) in [5.41, 5.74) is 2.86. The van der Waals surface area contributed by atoms with Crippen LogP contribution in [0, 0.1) is 23.7 Å². The number of benzene rings is 3. The van der Waals surface area contributed by atoms with Crippen LogP contribution in [0.4, 0.5) is 0 Å². The van der Waals surface area contributed by atoms with Crippen LogP contribution in [0.3, 0.4) is 0 Å². The highest BCUT2D eigenvalue weighted by molar-refractivity contribution is 6.03. The zero-order chi connectivity index (χ0) is 40.8. The van der Waals surface area contributed by atoms with Crippen LogP contribution in [0.25, 0.3) is 10.8 Å². The first-order valence-corrected chi connectivity index (χ1v) is 22.3. The van der Waals surface area contributed by atoms with E-state index in [0.29, 0.717) is 38.2 Å². The molecule has 5 aliphatic rings. The Labute approximate surface area is 349 Å². The van der Waals surface area contributed by atoms with E-state index >= 15 is 0 Å². The number of aliphatic hydroxyl groups is 2. The molecule has 10 nitrogen and oxygen atoms in total. The van der Waals surface area contributed by atoms with Crippen molar-refractivity contribution < 1.29 is 38.8 Å². The van der Waals surface area contributed by atoms with Gasteiger partial charge in [0.25, 0.3) is 0 Å². The van der Waals surface area contributed by atoms with E-state index in [2.05, 4.69) is 49.9 Å². The summed E-state index contributed by atoms with van der Waals surface area (Å²) in [6.45, 7) is 7.88. The van der Waals surface area contributed by atoms with Gasteiger partial charge < -0.3 is 38.9 Å². The van der Waals surface area contributed by atoms with Crippen molar-refractivity contribution in [1.29, 1.82) is 0 Å². The van der Waals surface area contributed by atoms with Crippen LogP contribution < -0.4 is 9.47 Å². The molecule has 3 aromatic rings. The predicted octanol–water partition coefficient (Wildman–Crippen LogP) is 9.44.